The maximum Gasteiger partial charge on any atom is 0.163 e. The molecule has 0 unspecified atom stereocenters. The lowest BCUT2D eigenvalue weighted by atomic mass is 10.1. The second-order valence-electron chi connectivity index (χ2n) is 3.55. The predicted molar refractivity (Wildman–Crippen MR) is 67.8 cm³/mol. The summed E-state index contributed by atoms with van der Waals surface area (Å²) in [5, 5.41) is 9.64. The van der Waals surface area contributed by atoms with Crippen LogP contribution >= 0.6 is 15.9 Å². The van der Waals surface area contributed by atoms with Gasteiger partial charge in [0, 0.05) is 26.2 Å². The van der Waals surface area contributed by atoms with Gasteiger partial charge in [-0.3, -0.25) is 4.79 Å². The lowest BCUT2D eigenvalue weighted by Crippen LogP contribution is -2.02. The molecule has 0 aliphatic carbocycles. The molecule has 0 atom stereocenters. The Hall–Kier alpha value is -1.07. The van der Waals surface area contributed by atoms with Gasteiger partial charge in [0.15, 0.2) is 5.78 Å². The van der Waals surface area contributed by atoms with Crippen LogP contribution in [0.3, 0.4) is 0 Å². The van der Waals surface area contributed by atoms with E-state index in [-0.39, 0.29) is 17.1 Å². The van der Waals surface area contributed by atoms with Crippen LogP contribution in [0.2, 0.25) is 0 Å². The third kappa shape index (κ3) is 4.02. The maximum atomic E-state index is 11.2. The summed E-state index contributed by atoms with van der Waals surface area (Å²) in [6.07, 6.45) is 0.762. The van der Waals surface area contributed by atoms with Crippen molar-refractivity contribution in [3.05, 3.63) is 22.2 Å². The van der Waals surface area contributed by atoms with E-state index >= 15 is 0 Å². The second-order valence-corrected chi connectivity index (χ2v) is 4.41. The fourth-order valence-corrected chi connectivity index (χ4v) is 1.78. The van der Waals surface area contributed by atoms with E-state index in [2.05, 4.69) is 15.9 Å². The molecule has 5 heteroatoms. The standard InChI is InChI=1S/C12H15BrO4/c1-8(14)9-6-10(13)12(7-11(9)15)17-5-3-4-16-2/h6-7,15H,3-5H2,1-2H3. The molecule has 1 aromatic rings. The fourth-order valence-electron chi connectivity index (χ4n) is 1.32. The van der Waals surface area contributed by atoms with E-state index < -0.39 is 0 Å². The van der Waals surface area contributed by atoms with Crippen molar-refractivity contribution in [2.24, 2.45) is 0 Å². The number of benzene rings is 1. The molecule has 0 saturated carbocycles. The maximum absolute atomic E-state index is 11.2. The van der Waals surface area contributed by atoms with Crippen molar-refractivity contribution in [3.63, 3.8) is 0 Å². The van der Waals surface area contributed by atoms with E-state index in [1.165, 1.54) is 13.0 Å². The average molecular weight is 303 g/mol. The Balaban J connectivity index is 2.74. The Labute approximate surface area is 109 Å². The van der Waals surface area contributed by atoms with Gasteiger partial charge in [0.2, 0.25) is 0 Å². The number of ether oxygens (including phenoxy) is 2. The highest BCUT2D eigenvalue weighted by Gasteiger charge is 2.11. The normalized spacial score (nSPS) is 10.3. The molecule has 0 saturated heterocycles. The molecular formula is C12H15BrO4. The number of methoxy groups -OCH3 is 1. The highest BCUT2D eigenvalue weighted by Crippen LogP contribution is 2.32. The highest BCUT2D eigenvalue weighted by molar-refractivity contribution is 9.10. The lowest BCUT2D eigenvalue weighted by molar-refractivity contribution is 0.101. The summed E-state index contributed by atoms with van der Waals surface area (Å²) >= 11 is 3.30. The number of hydrogen-bond acceptors (Lipinski definition) is 4. The number of Topliss-reactive ketones (excluding diaryl/α,β-unsaturated/α-hetero) is 1. The number of carbonyl (C=O) groups is 1. The number of phenolic OH excluding ortho intramolecular Hbond substituents is 1. The van der Waals surface area contributed by atoms with Crippen LogP contribution in [0, 0.1) is 0 Å². The van der Waals surface area contributed by atoms with Crippen molar-refractivity contribution in [1.29, 1.82) is 0 Å². The Morgan fingerprint density at radius 2 is 2.12 bits per heavy atom. The lowest BCUT2D eigenvalue weighted by Gasteiger charge is -2.10. The zero-order chi connectivity index (χ0) is 12.8. The number of halogens is 1. The largest absolute Gasteiger partial charge is 0.507 e. The number of aromatic hydroxyl groups is 1. The third-order valence-electron chi connectivity index (χ3n) is 2.18. The van der Waals surface area contributed by atoms with E-state index in [9.17, 15) is 9.90 Å². The molecule has 0 radical (unpaired) electrons. The first kappa shape index (κ1) is 14.0. The molecule has 0 aliphatic heterocycles. The van der Waals surface area contributed by atoms with Gasteiger partial charge in [0.25, 0.3) is 0 Å². The van der Waals surface area contributed by atoms with Gasteiger partial charge in [-0.25, -0.2) is 0 Å². The molecule has 94 valence electrons. The molecule has 0 bridgehead atoms. The Kier molecular flexibility index (Phi) is 5.44. The molecule has 0 heterocycles. The van der Waals surface area contributed by atoms with Gasteiger partial charge in [0.1, 0.15) is 11.5 Å². The number of hydrogen-bond donors (Lipinski definition) is 1. The summed E-state index contributed by atoms with van der Waals surface area (Å²) in [5.74, 6) is 0.264. The second kappa shape index (κ2) is 6.61. The third-order valence-corrected chi connectivity index (χ3v) is 2.80. The summed E-state index contributed by atoms with van der Waals surface area (Å²) < 4.78 is 11.0. The number of rotatable bonds is 6. The van der Waals surface area contributed by atoms with Crippen LogP contribution < -0.4 is 4.74 Å². The minimum atomic E-state index is -0.186. The summed E-state index contributed by atoms with van der Waals surface area (Å²) in [7, 11) is 1.63. The van der Waals surface area contributed by atoms with Gasteiger partial charge < -0.3 is 14.6 Å². The van der Waals surface area contributed by atoms with E-state index in [1.54, 1.807) is 13.2 Å². The zero-order valence-electron chi connectivity index (χ0n) is 9.83. The highest BCUT2D eigenvalue weighted by atomic mass is 79.9. The van der Waals surface area contributed by atoms with Crippen LogP contribution in [0.25, 0.3) is 0 Å². The van der Waals surface area contributed by atoms with Gasteiger partial charge in [-0.15, -0.1) is 0 Å². The molecule has 0 fully saturated rings. The summed E-state index contributed by atoms with van der Waals surface area (Å²) in [6, 6.07) is 3.00. The Morgan fingerprint density at radius 1 is 1.41 bits per heavy atom. The van der Waals surface area contributed by atoms with Gasteiger partial charge in [-0.05, 0) is 28.9 Å². The smallest absolute Gasteiger partial charge is 0.163 e. The summed E-state index contributed by atoms with van der Waals surface area (Å²) in [5.41, 5.74) is 0.279. The van der Waals surface area contributed by atoms with Gasteiger partial charge in [-0.1, -0.05) is 0 Å². The van der Waals surface area contributed by atoms with E-state index in [4.69, 9.17) is 9.47 Å². The fraction of sp³-hybridized carbons (Fsp3) is 0.417. The Morgan fingerprint density at radius 3 is 2.71 bits per heavy atom. The molecule has 17 heavy (non-hydrogen) atoms. The van der Waals surface area contributed by atoms with Crippen LogP contribution in [0.15, 0.2) is 16.6 Å². The minimum absolute atomic E-state index is 0.0672. The van der Waals surface area contributed by atoms with Crippen molar-refractivity contribution >= 4 is 21.7 Å². The molecule has 1 N–H and O–H groups in total. The first-order valence-corrected chi connectivity index (χ1v) is 6.00. The average Bonchev–Trinajstić information content (AvgIpc) is 2.28. The van der Waals surface area contributed by atoms with Crippen molar-refractivity contribution in [3.8, 4) is 11.5 Å². The SMILES string of the molecule is COCCCOc1cc(O)c(C(C)=O)cc1Br. The first-order chi connectivity index (χ1) is 8.06. The number of ketones is 1. The quantitative estimate of drug-likeness (QED) is 0.648. The molecule has 0 spiro atoms. The Bertz CT molecular complexity index is 404. The van der Waals surface area contributed by atoms with Crippen molar-refractivity contribution in [1.82, 2.24) is 0 Å². The topological polar surface area (TPSA) is 55.8 Å². The minimum Gasteiger partial charge on any atom is -0.507 e. The summed E-state index contributed by atoms with van der Waals surface area (Å²) in [4.78, 5) is 11.2. The van der Waals surface area contributed by atoms with Crippen molar-refractivity contribution in [2.45, 2.75) is 13.3 Å². The van der Waals surface area contributed by atoms with E-state index in [0.717, 1.165) is 6.42 Å². The van der Waals surface area contributed by atoms with Gasteiger partial charge in [0.05, 0.1) is 16.6 Å². The van der Waals surface area contributed by atoms with E-state index in [0.29, 0.717) is 23.4 Å². The van der Waals surface area contributed by atoms with Crippen LogP contribution in [0.5, 0.6) is 11.5 Å². The number of carbonyl (C=O) groups excluding carboxylic acids is 1. The van der Waals surface area contributed by atoms with Crippen LogP contribution in [-0.2, 0) is 4.74 Å². The first-order valence-electron chi connectivity index (χ1n) is 5.21. The van der Waals surface area contributed by atoms with Crippen molar-refractivity contribution in [2.75, 3.05) is 20.3 Å². The van der Waals surface area contributed by atoms with Gasteiger partial charge >= 0.3 is 0 Å². The molecular weight excluding hydrogens is 288 g/mol. The number of phenols is 1. The molecule has 4 nitrogen and oxygen atoms in total. The molecule has 0 aliphatic rings. The summed E-state index contributed by atoms with van der Waals surface area (Å²) in [6.45, 7) is 2.51. The van der Waals surface area contributed by atoms with Gasteiger partial charge in [-0.2, -0.15) is 0 Å². The van der Waals surface area contributed by atoms with Crippen LogP contribution in [0.1, 0.15) is 23.7 Å². The van der Waals surface area contributed by atoms with Crippen LogP contribution in [0.4, 0.5) is 0 Å². The molecule has 1 aromatic carbocycles. The van der Waals surface area contributed by atoms with E-state index in [1.807, 2.05) is 0 Å². The van der Waals surface area contributed by atoms with Crippen LogP contribution in [-0.4, -0.2) is 31.2 Å². The predicted octanol–water partition coefficient (Wildman–Crippen LogP) is 2.77. The molecule has 0 amide bonds. The molecule has 0 aromatic heterocycles. The molecule has 1 rings (SSSR count). The van der Waals surface area contributed by atoms with Crippen molar-refractivity contribution < 1.29 is 19.4 Å². The zero-order valence-corrected chi connectivity index (χ0v) is 11.4. The monoisotopic (exact) mass is 302 g/mol.